The Kier molecular flexibility index (Phi) is 5.05. The van der Waals surface area contributed by atoms with Gasteiger partial charge in [0, 0.05) is 24.8 Å². The molecule has 0 saturated carbocycles. The maximum absolute atomic E-state index is 11.0. The van der Waals surface area contributed by atoms with Crippen molar-refractivity contribution in [2.45, 2.75) is 26.2 Å². The van der Waals surface area contributed by atoms with E-state index >= 15 is 0 Å². The quantitative estimate of drug-likeness (QED) is 0.776. The lowest BCUT2D eigenvalue weighted by atomic mass is 10.2. The van der Waals surface area contributed by atoms with E-state index in [9.17, 15) is 4.79 Å². The number of aryl methyl sites for hydroxylation is 2. The van der Waals surface area contributed by atoms with Gasteiger partial charge in [0.25, 0.3) is 0 Å². The molecular formula is C12H16N4O3S. The molecular weight excluding hydrogens is 280 g/mol. The van der Waals surface area contributed by atoms with E-state index in [4.69, 9.17) is 4.52 Å². The number of rotatable bonds is 7. The van der Waals surface area contributed by atoms with Crippen molar-refractivity contribution in [3.8, 4) is 0 Å². The first-order valence-electron chi connectivity index (χ1n) is 6.21. The van der Waals surface area contributed by atoms with E-state index in [1.165, 1.54) is 18.4 Å². The Hall–Kier alpha value is -1.96. The van der Waals surface area contributed by atoms with Crippen molar-refractivity contribution in [1.29, 1.82) is 0 Å². The zero-order chi connectivity index (χ0) is 14.4. The average Bonchev–Trinajstić information content (AvgIpc) is 3.05. The first-order chi connectivity index (χ1) is 9.67. The molecule has 0 atom stereocenters. The molecule has 0 bridgehead atoms. The molecule has 2 aromatic rings. The number of hydrogen-bond donors (Lipinski definition) is 1. The van der Waals surface area contributed by atoms with Crippen LogP contribution in [0, 0.1) is 6.92 Å². The summed E-state index contributed by atoms with van der Waals surface area (Å²) in [5, 5.41) is 9.67. The number of hydrogen-bond acceptors (Lipinski definition) is 8. The van der Waals surface area contributed by atoms with Gasteiger partial charge in [0.15, 0.2) is 11.0 Å². The molecule has 0 aliphatic rings. The van der Waals surface area contributed by atoms with E-state index in [0.29, 0.717) is 37.5 Å². The number of nitrogens with one attached hydrogen (secondary N) is 1. The SMILES string of the molecule is COC(=O)CCc1csc(NCCc2nc(C)no2)n1. The van der Waals surface area contributed by atoms with E-state index in [-0.39, 0.29) is 5.97 Å². The van der Waals surface area contributed by atoms with Crippen molar-refractivity contribution in [3.05, 3.63) is 22.8 Å². The number of methoxy groups -OCH3 is 1. The lowest BCUT2D eigenvalue weighted by Gasteiger charge is -1.99. The minimum Gasteiger partial charge on any atom is -0.469 e. The number of carbonyl (C=O) groups excluding carboxylic acids is 1. The van der Waals surface area contributed by atoms with Crippen molar-refractivity contribution in [2.75, 3.05) is 19.0 Å². The van der Waals surface area contributed by atoms with Crippen LogP contribution in [0.3, 0.4) is 0 Å². The third-order valence-corrected chi connectivity index (χ3v) is 3.40. The van der Waals surface area contributed by atoms with Crippen LogP contribution in [0.4, 0.5) is 5.13 Å². The molecule has 2 heterocycles. The lowest BCUT2D eigenvalue weighted by Crippen LogP contribution is -2.05. The molecule has 2 aromatic heterocycles. The van der Waals surface area contributed by atoms with Gasteiger partial charge < -0.3 is 14.6 Å². The van der Waals surface area contributed by atoms with Crippen molar-refractivity contribution in [1.82, 2.24) is 15.1 Å². The third-order valence-electron chi connectivity index (χ3n) is 2.55. The van der Waals surface area contributed by atoms with Crippen molar-refractivity contribution in [3.63, 3.8) is 0 Å². The van der Waals surface area contributed by atoms with Gasteiger partial charge in [0.1, 0.15) is 0 Å². The minimum absolute atomic E-state index is 0.223. The van der Waals surface area contributed by atoms with Crippen LogP contribution in [0.2, 0.25) is 0 Å². The van der Waals surface area contributed by atoms with Crippen molar-refractivity contribution in [2.24, 2.45) is 0 Å². The zero-order valence-corrected chi connectivity index (χ0v) is 12.2. The van der Waals surface area contributed by atoms with Crippen LogP contribution in [-0.4, -0.2) is 34.7 Å². The van der Waals surface area contributed by atoms with Gasteiger partial charge >= 0.3 is 5.97 Å². The maximum atomic E-state index is 11.0. The topological polar surface area (TPSA) is 90.1 Å². The number of ether oxygens (including phenoxy) is 1. The van der Waals surface area contributed by atoms with Crippen LogP contribution in [-0.2, 0) is 22.4 Å². The molecule has 7 nitrogen and oxygen atoms in total. The summed E-state index contributed by atoms with van der Waals surface area (Å²) < 4.78 is 9.61. The molecule has 0 saturated heterocycles. The third kappa shape index (κ3) is 4.30. The highest BCUT2D eigenvalue weighted by atomic mass is 32.1. The van der Waals surface area contributed by atoms with Crippen LogP contribution < -0.4 is 5.32 Å². The maximum Gasteiger partial charge on any atom is 0.305 e. The molecule has 0 aromatic carbocycles. The first-order valence-corrected chi connectivity index (χ1v) is 7.09. The van der Waals surface area contributed by atoms with Crippen LogP contribution in [0.1, 0.15) is 23.8 Å². The van der Waals surface area contributed by atoms with Crippen LogP contribution in [0.15, 0.2) is 9.90 Å². The van der Waals surface area contributed by atoms with Gasteiger partial charge in [0.2, 0.25) is 5.89 Å². The second kappa shape index (κ2) is 6.99. The fourth-order valence-electron chi connectivity index (χ4n) is 1.55. The van der Waals surface area contributed by atoms with E-state index in [0.717, 1.165) is 10.8 Å². The minimum atomic E-state index is -0.223. The summed E-state index contributed by atoms with van der Waals surface area (Å²) in [7, 11) is 1.38. The van der Waals surface area contributed by atoms with E-state index in [2.05, 4.69) is 25.2 Å². The van der Waals surface area contributed by atoms with Gasteiger partial charge in [-0.15, -0.1) is 11.3 Å². The smallest absolute Gasteiger partial charge is 0.305 e. The highest BCUT2D eigenvalue weighted by molar-refractivity contribution is 7.13. The number of thiazole rings is 1. The zero-order valence-electron chi connectivity index (χ0n) is 11.4. The Morgan fingerprint density at radius 1 is 1.45 bits per heavy atom. The lowest BCUT2D eigenvalue weighted by molar-refractivity contribution is -0.140. The van der Waals surface area contributed by atoms with Gasteiger partial charge in [0.05, 0.1) is 19.2 Å². The molecule has 0 fully saturated rings. The summed E-state index contributed by atoms with van der Waals surface area (Å²) in [6.07, 6.45) is 1.59. The average molecular weight is 296 g/mol. The fraction of sp³-hybridized carbons (Fsp3) is 0.500. The molecule has 8 heteroatoms. The van der Waals surface area contributed by atoms with Gasteiger partial charge in [-0.1, -0.05) is 5.16 Å². The second-order valence-corrected chi connectivity index (χ2v) is 4.99. The van der Waals surface area contributed by atoms with E-state index < -0.39 is 0 Å². The van der Waals surface area contributed by atoms with Gasteiger partial charge in [-0.05, 0) is 6.92 Å². The second-order valence-electron chi connectivity index (χ2n) is 4.13. The molecule has 0 radical (unpaired) electrons. The molecule has 108 valence electrons. The van der Waals surface area contributed by atoms with Crippen LogP contribution in [0.5, 0.6) is 0 Å². The first kappa shape index (κ1) is 14.4. The Morgan fingerprint density at radius 3 is 3.00 bits per heavy atom. The van der Waals surface area contributed by atoms with Crippen LogP contribution in [0.25, 0.3) is 0 Å². The van der Waals surface area contributed by atoms with Crippen molar-refractivity contribution < 1.29 is 14.1 Å². The Balaban J connectivity index is 1.73. The van der Waals surface area contributed by atoms with E-state index in [1.807, 2.05) is 5.38 Å². The monoisotopic (exact) mass is 296 g/mol. The largest absolute Gasteiger partial charge is 0.469 e. The normalized spacial score (nSPS) is 10.5. The van der Waals surface area contributed by atoms with Crippen LogP contribution >= 0.6 is 11.3 Å². The molecule has 0 amide bonds. The highest BCUT2D eigenvalue weighted by Crippen LogP contribution is 2.16. The number of esters is 1. The molecule has 0 aliphatic carbocycles. The molecule has 0 unspecified atom stereocenters. The summed E-state index contributed by atoms with van der Waals surface area (Å²) in [5.41, 5.74) is 0.886. The summed E-state index contributed by atoms with van der Waals surface area (Å²) in [5.74, 6) is 1.02. The summed E-state index contributed by atoms with van der Waals surface area (Å²) in [4.78, 5) is 19.5. The molecule has 0 spiro atoms. The molecule has 0 aliphatic heterocycles. The number of carbonyl (C=O) groups is 1. The number of aromatic nitrogens is 3. The van der Waals surface area contributed by atoms with Gasteiger partial charge in [-0.3, -0.25) is 4.79 Å². The summed E-state index contributed by atoms with van der Waals surface area (Å²) in [6.45, 7) is 2.46. The summed E-state index contributed by atoms with van der Waals surface area (Å²) in [6, 6.07) is 0. The van der Waals surface area contributed by atoms with E-state index in [1.54, 1.807) is 6.92 Å². The summed E-state index contributed by atoms with van der Waals surface area (Å²) >= 11 is 1.51. The molecule has 20 heavy (non-hydrogen) atoms. The van der Waals surface area contributed by atoms with Gasteiger partial charge in [-0.25, -0.2) is 4.98 Å². The number of nitrogens with zero attached hydrogens (tertiary/aromatic N) is 3. The van der Waals surface area contributed by atoms with Gasteiger partial charge in [-0.2, -0.15) is 4.98 Å². The van der Waals surface area contributed by atoms with Crippen molar-refractivity contribution >= 4 is 22.4 Å². The highest BCUT2D eigenvalue weighted by Gasteiger charge is 2.06. The Bertz CT molecular complexity index is 567. The predicted octanol–water partition coefficient (Wildman–Crippen LogP) is 1.59. The number of anilines is 1. The molecule has 2 rings (SSSR count). The fourth-order valence-corrected chi connectivity index (χ4v) is 2.33. The molecule has 1 N–H and O–H groups in total. The Labute approximate surface area is 120 Å². The standard InChI is InChI=1S/C12H16N4O3S/c1-8-14-10(19-16-8)5-6-13-12-15-9(7-20-12)3-4-11(17)18-2/h7H,3-6H2,1-2H3,(H,13,15). The predicted molar refractivity (Wildman–Crippen MR) is 73.7 cm³/mol. The Morgan fingerprint density at radius 2 is 2.30 bits per heavy atom.